The van der Waals surface area contributed by atoms with Crippen molar-refractivity contribution in [1.29, 1.82) is 0 Å². The summed E-state index contributed by atoms with van der Waals surface area (Å²) in [4.78, 5) is 10.5. The fourth-order valence-corrected chi connectivity index (χ4v) is 1.09. The molecule has 0 heterocycles. The Kier molecular flexibility index (Phi) is 5.66. The minimum atomic E-state index is -1.39. The highest BCUT2D eigenvalue weighted by Gasteiger charge is 2.16. The molecule has 4 heteroatoms. The van der Waals surface area contributed by atoms with E-state index in [0.29, 0.717) is 12.8 Å². The number of aliphatic hydroxyl groups excluding tert-OH is 1. The summed E-state index contributed by atoms with van der Waals surface area (Å²) in [5.74, 6) is -1.28. The smallest absolute Gasteiger partial charge is 0.306 e. The molecule has 3 N–H and O–H groups in total. The molecular formula is C8H16O4. The maximum atomic E-state index is 10.5. The van der Waals surface area contributed by atoms with Crippen LogP contribution in [0.4, 0.5) is 0 Å². The fraction of sp³-hybridized carbons (Fsp3) is 0.875. The molecule has 4 nitrogen and oxygen atoms in total. The lowest BCUT2D eigenvalue weighted by Crippen LogP contribution is -2.16. The van der Waals surface area contributed by atoms with Gasteiger partial charge in [0.2, 0.25) is 0 Å². The average molecular weight is 176 g/mol. The number of carbonyl (C=O) groups is 1. The van der Waals surface area contributed by atoms with Crippen molar-refractivity contribution < 1.29 is 20.1 Å². The molecule has 12 heavy (non-hydrogen) atoms. The molecule has 0 aromatic rings. The van der Waals surface area contributed by atoms with Crippen LogP contribution in [-0.4, -0.2) is 27.6 Å². The van der Waals surface area contributed by atoms with E-state index in [9.17, 15) is 4.79 Å². The van der Waals surface area contributed by atoms with Gasteiger partial charge in [0.05, 0.1) is 5.92 Å². The van der Waals surface area contributed by atoms with E-state index < -0.39 is 18.2 Å². The van der Waals surface area contributed by atoms with E-state index in [2.05, 4.69) is 0 Å². The minimum Gasteiger partial charge on any atom is -0.481 e. The number of aliphatic carboxylic acids is 1. The van der Waals surface area contributed by atoms with E-state index in [0.717, 1.165) is 6.42 Å². The van der Waals surface area contributed by atoms with Crippen molar-refractivity contribution in [1.82, 2.24) is 0 Å². The van der Waals surface area contributed by atoms with Crippen LogP contribution < -0.4 is 0 Å². The van der Waals surface area contributed by atoms with E-state index in [1.807, 2.05) is 6.92 Å². The van der Waals surface area contributed by atoms with Crippen molar-refractivity contribution in [3.05, 3.63) is 0 Å². The summed E-state index contributed by atoms with van der Waals surface area (Å²) in [6.45, 7) is 1.91. The van der Waals surface area contributed by atoms with Crippen molar-refractivity contribution in [2.24, 2.45) is 5.92 Å². The highest BCUT2D eigenvalue weighted by Crippen LogP contribution is 2.14. The molecule has 0 aliphatic rings. The van der Waals surface area contributed by atoms with Crippen molar-refractivity contribution in [3.63, 3.8) is 0 Å². The second-order valence-electron chi connectivity index (χ2n) is 2.88. The first kappa shape index (κ1) is 11.4. The maximum Gasteiger partial charge on any atom is 0.306 e. The quantitative estimate of drug-likeness (QED) is 0.517. The minimum absolute atomic E-state index is 0.136. The SMILES string of the molecule is CCCC(CCC(O)O)C(=O)O. The van der Waals surface area contributed by atoms with Crippen LogP contribution in [0.3, 0.4) is 0 Å². The van der Waals surface area contributed by atoms with Gasteiger partial charge in [0.1, 0.15) is 0 Å². The Hall–Kier alpha value is -0.610. The molecule has 0 radical (unpaired) electrons. The fourth-order valence-electron chi connectivity index (χ4n) is 1.09. The predicted octanol–water partition coefficient (Wildman–Crippen LogP) is 0.578. The van der Waals surface area contributed by atoms with Gasteiger partial charge in [0.15, 0.2) is 6.29 Å². The average Bonchev–Trinajstić information content (AvgIpc) is 1.96. The zero-order valence-electron chi connectivity index (χ0n) is 7.23. The molecule has 0 spiro atoms. The second-order valence-corrected chi connectivity index (χ2v) is 2.88. The van der Waals surface area contributed by atoms with Gasteiger partial charge in [-0.15, -0.1) is 0 Å². The molecule has 0 fully saturated rings. The molecule has 0 bridgehead atoms. The van der Waals surface area contributed by atoms with Gasteiger partial charge in [-0.3, -0.25) is 4.79 Å². The predicted molar refractivity (Wildman–Crippen MR) is 43.5 cm³/mol. The summed E-state index contributed by atoms with van der Waals surface area (Å²) in [7, 11) is 0. The number of hydrogen-bond donors (Lipinski definition) is 3. The molecule has 0 saturated carbocycles. The lowest BCUT2D eigenvalue weighted by molar-refractivity contribution is -0.142. The van der Waals surface area contributed by atoms with Gasteiger partial charge in [0.25, 0.3) is 0 Å². The highest BCUT2D eigenvalue weighted by atomic mass is 16.5. The number of aliphatic hydroxyl groups is 2. The topological polar surface area (TPSA) is 77.8 Å². The van der Waals surface area contributed by atoms with Crippen molar-refractivity contribution in [3.8, 4) is 0 Å². The monoisotopic (exact) mass is 176 g/mol. The lowest BCUT2D eigenvalue weighted by Gasteiger charge is -2.11. The lowest BCUT2D eigenvalue weighted by atomic mass is 9.98. The van der Waals surface area contributed by atoms with Crippen LogP contribution in [0.15, 0.2) is 0 Å². The van der Waals surface area contributed by atoms with Crippen molar-refractivity contribution >= 4 is 5.97 Å². The molecule has 0 aliphatic heterocycles. The first-order chi connectivity index (χ1) is 5.57. The molecule has 1 unspecified atom stereocenters. The van der Waals surface area contributed by atoms with Crippen LogP contribution in [0.1, 0.15) is 32.6 Å². The third-order valence-electron chi connectivity index (χ3n) is 1.76. The summed E-state index contributed by atoms with van der Waals surface area (Å²) in [6.07, 6.45) is 0.488. The number of carboxylic acid groups (broad SMARTS) is 1. The van der Waals surface area contributed by atoms with Crippen LogP contribution in [0, 0.1) is 5.92 Å². The van der Waals surface area contributed by atoms with Gasteiger partial charge in [-0.25, -0.2) is 0 Å². The molecule has 1 atom stereocenters. The molecule has 0 aromatic heterocycles. The van der Waals surface area contributed by atoms with Crippen LogP contribution in [0.2, 0.25) is 0 Å². The number of hydrogen-bond acceptors (Lipinski definition) is 3. The Morgan fingerprint density at radius 3 is 2.17 bits per heavy atom. The number of carboxylic acids is 1. The van der Waals surface area contributed by atoms with Crippen molar-refractivity contribution in [2.75, 3.05) is 0 Å². The van der Waals surface area contributed by atoms with E-state index in [1.165, 1.54) is 0 Å². The Labute approximate surface area is 71.8 Å². The van der Waals surface area contributed by atoms with E-state index in [4.69, 9.17) is 15.3 Å². The van der Waals surface area contributed by atoms with Crippen LogP contribution in [0.5, 0.6) is 0 Å². The summed E-state index contributed by atoms with van der Waals surface area (Å²) in [5.41, 5.74) is 0. The first-order valence-corrected chi connectivity index (χ1v) is 4.16. The van der Waals surface area contributed by atoms with Gasteiger partial charge in [-0.1, -0.05) is 13.3 Å². The van der Waals surface area contributed by atoms with Gasteiger partial charge in [-0.05, 0) is 19.3 Å². The molecule has 0 rings (SSSR count). The zero-order chi connectivity index (χ0) is 9.56. The Morgan fingerprint density at radius 2 is 1.83 bits per heavy atom. The molecule has 0 saturated heterocycles. The normalized spacial score (nSPS) is 13.3. The highest BCUT2D eigenvalue weighted by molar-refractivity contribution is 5.69. The van der Waals surface area contributed by atoms with E-state index in [1.54, 1.807) is 0 Å². The van der Waals surface area contributed by atoms with E-state index >= 15 is 0 Å². The zero-order valence-corrected chi connectivity index (χ0v) is 7.23. The Balaban J connectivity index is 3.71. The summed E-state index contributed by atoms with van der Waals surface area (Å²) < 4.78 is 0. The van der Waals surface area contributed by atoms with E-state index in [-0.39, 0.29) is 6.42 Å². The second kappa shape index (κ2) is 5.97. The molecule has 72 valence electrons. The van der Waals surface area contributed by atoms with Crippen LogP contribution in [0.25, 0.3) is 0 Å². The molecular weight excluding hydrogens is 160 g/mol. The van der Waals surface area contributed by atoms with Crippen LogP contribution >= 0.6 is 0 Å². The third kappa shape index (κ3) is 5.09. The first-order valence-electron chi connectivity index (χ1n) is 4.16. The van der Waals surface area contributed by atoms with Crippen molar-refractivity contribution in [2.45, 2.75) is 38.9 Å². The molecule has 0 aliphatic carbocycles. The summed E-state index contributed by atoms with van der Waals surface area (Å²) in [6, 6.07) is 0. The van der Waals surface area contributed by atoms with Gasteiger partial charge >= 0.3 is 5.97 Å². The Bertz CT molecular complexity index is 133. The summed E-state index contributed by atoms with van der Waals surface area (Å²) in [5, 5.41) is 25.7. The third-order valence-corrected chi connectivity index (χ3v) is 1.76. The molecule has 0 amide bonds. The maximum absolute atomic E-state index is 10.5. The number of rotatable bonds is 6. The Morgan fingerprint density at radius 1 is 1.25 bits per heavy atom. The summed E-state index contributed by atoms with van der Waals surface area (Å²) >= 11 is 0. The largest absolute Gasteiger partial charge is 0.481 e. The standard InChI is InChI=1S/C8H16O4/c1-2-3-6(8(11)12)4-5-7(9)10/h6-7,9-10H,2-5H2,1H3,(H,11,12). The van der Waals surface area contributed by atoms with Crippen LogP contribution in [-0.2, 0) is 4.79 Å². The molecule has 0 aromatic carbocycles. The van der Waals surface area contributed by atoms with Gasteiger partial charge in [0, 0.05) is 0 Å². The van der Waals surface area contributed by atoms with Gasteiger partial charge in [-0.2, -0.15) is 0 Å². The van der Waals surface area contributed by atoms with Gasteiger partial charge < -0.3 is 15.3 Å².